The summed E-state index contributed by atoms with van der Waals surface area (Å²) in [7, 11) is 1.81. The van der Waals surface area contributed by atoms with E-state index in [1.165, 1.54) is 0 Å². The van der Waals surface area contributed by atoms with Crippen molar-refractivity contribution >= 4 is 35.8 Å². The number of furan rings is 1. The van der Waals surface area contributed by atoms with Crippen LogP contribution < -0.4 is 5.32 Å². The molecule has 2 aliphatic rings. The SMILES string of the molecule is CCN(CC)C(CNC(=NC)N1CCN(C(=O)C2CCCO2)CC1)c1ccco1.I. The van der Waals surface area contributed by atoms with Crippen LogP contribution in [0.1, 0.15) is 38.5 Å². The van der Waals surface area contributed by atoms with Crippen LogP contribution in [-0.2, 0) is 9.53 Å². The van der Waals surface area contributed by atoms with Crippen molar-refractivity contribution < 1.29 is 13.9 Å². The molecular weight excluding hydrogens is 497 g/mol. The summed E-state index contributed by atoms with van der Waals surface area (Å²) in [5.41, 5.74) is 0. The van der Waals surface area contributed by atoms with Gasteiger partial charge < -0.3 is 24.3 Å². The zero-order valence-corrected chi connectivity index (χ0v) is 20.7. The molecule has 1 aromatic rings. The van der Waals surface area contributed by atoms with E-state index in [4.69, 9.17) is 9.15 Å². The molecule has 2 fully saturated rings. The van der Waals surface area contributed by atoms with Gasteiger partial charge in [0.15, 0.2) is 5.96 Å². The summed E-state index contributed by atoms with van der Waals surface area (Å²) in [5, 5.41) is 3.52. The molecule has 3 rings (SSSR count). The third-order valence-electron chi connectivity index (χ3n) is 5.89. The maximum Gasteiger partial charge on any atom is 0.251 e. The van der Waals surface area contributed by atoms with E-state index < -0.39 is 0 Å². The molecule has 1 N–H and O–H groups in total. The molecule has 0 spiro atoms. The van der Waals surface area contributed by atoms with Gasteiger partial charge in [-0.05, 0) is 38.1 Å². The molecular formula is C21H36IN5O3. The maximum atomic E-state index is 12.6. The molecule has 9 heteroatoms. The molecule has 1 aromatic heterocycles. The minimum Gasteiger partial charge on any atom is -0.468 e. The minimum atomic E-state index is -0.234. The molecule has 0 saturated carbocycles. The number of carbonyl (C=O) groups is 1. The van der Waals surface area contributed by atoms with Crippen LogP contribution in [0.4, 0.5) is 0 Å². The van der Waals surface area contributed by atoms with Crippen molar-refractivity contribution in [3.63, 3.8) is 0 Å². The first-order valence-electron chi connectivity index (χ1n) is 10.8. The first kappa shape index (κ1) is 24.9. The van der Waals surface area contributed by atoms with Crippen LogP contribution in [0.25, 0.3) is 0 Å². The molecule has 2 aliphatic heterocycles. The number of aliphatic imine (C=N–C) groups is 1. The number of carbonyl (C=O) groups excluding carboxylic acids is 1. The summed E-state index contributed by atoms with van der Waals surface area (Å²) in [6.45, 7) is 10.6. The Kier molecular flexibility index (Phi) is 10.4. The van der Waals surface area contributed by atoms with Crippen LogP contribution in [0, 0.1) is 0 Å². The number of halogens is 1. The van der Waals surface area contributed by atoms with Crippen molar-refractivity contribution in [1.29, 1.82) is 0 Å². The highest BCUT2D eigenvalue weighted by atomic mass is 127. The zero-order chi connectivity index (χ0) is 20.6. The first-order valence-corrected chi connectivity index (χ1v) is 10.8. The second-order valence-electron chi connectivity index (χ2n) is 7.49. The number of rotatable bonds is 7. The molecule has 3 heterocycles. The van der Waals surface area contributed by atoms with Gasteiger partial charge in [0.05, 0.1) is 12.3 Å². The van der Waals surface area contributed by atoms with Gasteiger partial charge in [-0.15, -0.1) is 24.0 Å². The fourth-order valence-corrected chi connectivity index (χ4v) is 4.19. The highest BCUT2D eigenvalue weighted by molar-refractivity contribution is 14.0. The molecule has 2 unspecified atom stereocenters. The van der Waals surface area contributed by atoms with E-state index >= 15 is 0 Å². The first-order chi connectivity index (χ1) is 14.2. The van der Waals surface area contributed by atoms with E-state index in [2.05, 4.69) is 34.0 Å². The number of hydrogen-bond acceptors (Lipinski definition) is 5. The zero-order valence-electron chi connectivity index (χ0n) is 18.4. The van der Waals surface area contributed by atoms with Crippen molar-refractivity contribution in [1.82, 2.24) is 20.0 Å². The lowest BCUT2D eigenvalue weighted by Crippen LogP contribution is -2.56. The summed E-state index contributed by atoms with van der Waals surface area (Å²) in [6.07, 6.45) is 3.32. The van der Waals surface area contributed by atoms with Crippen molar-refractivity contribution in [3.8, 4) is 0 Å². The Morgan fingerprint density at radius 1 is 1.27 bits per heavy atom. The summed E-state index contributed by atoms with van der Waals surface area (Å²) in [5.74, 6) is 1.98. The van der Waals surface area contributed by atoms with Crippen molar-refractivity contribution in [2.24, 2.45) is 4.99 Å². The van der Waals surface area contributed by atoms with Gasteiger partial charge in [0.1, 0.15) is 11.9 Å². The van der Waals surface area contributed by atoms with Gasteiger partial charge in [-0.3, -0.25) is 14.7 Å². The molecule has 8 nitrogen and oxygen atoms in total. The number of piperazine rings is 1. The topological polar surface area (TPSA) is 73.5 Å². The van der Waals surface area contributed by atoms with Crippen LogP contribution in [0.15, 0.2) is 27.8 Å². The van der Waals surface area contributed by atoms with Crippen LogP contribution in [0.3, 0.4) is 0 Å². The van der Waals surface area contributed by atoms with Gasteiger partial charge in [-0.1, -0.05) is 13.8 Å². The van der Waals surface area contributed by atoms with Crippen LogP contribution in [-0.4, -0.2) is 92.1 Å². The molecule has 170 valence electrons. The minimum absolute atomic E-state index is 0. The second kappa shape index (κ2) is 12.5. The molecule has 2 saturated heterocycles. The highest BCUT2D eigenvalue weighted by Crippen LogP contribution is 2.20. The van der Waals surface area contributed by atoms with Gasteiger partial charge in [-0.2, -0.15) is 0 Å². The lowest BCUT2D eigenvalue weighted by Gasteiger charge is -2.38. The van der Waals surface area contributed by atoms with Crippen LogP contribution in [0.5, 0.6) is 0 Å². The number of nitrogens with zero attached hydrogens (tertiary/aromatic N) is 4. The number of hydrogen-bond donors (Lipinski definition) is 1. The van der Waals surface area contributed by atoms with E-state index in [-0.39, 0.29) is 42.0 Å². The molecule has 1 amide bonds. The number of amides is 1. The van der Waals surface area contributed by atoms with Crippen LogP contribution in [0.2, 0.25) is 0 Å². The number of likely N-dealkylation sites (N-methyl/N-ethyl adjacent to an activating group) is 1. The van der Waals surface area contributed by atoms with Crippen LogP contribution >= 0.6 is 24.0 Å². The monoisotopic (exact) mass is 533 g/mol. The Balaban J connectivity index is 0.00000320. The van der Waals surface area contributed by atoms with Crippen molar-refractivity contribution in [2.75, 3.05) is 59.5 Å². The molecule has 0 bridgehead atoms. The van der Waals surface area contributed by atoms with Gasteiger partial charge in [-0.25, -0.2) is 0 Å². The fraction of sp³-hybridized carbons (Fsp3) is 0.714. The normalized spacial score (nSPS) is 20.9. The van der Waals surface area contributed by atoms with E-state index in [1.807, 2.05) is 24.1 Å². The quantitative estimate of drug-likeness (QED) is 0.329. The average Bonchev–Trinajstić information content (AvgIpc) is 3.48. The van der Waals surface area contributed by atoms with E-state index in [1.54, 1.807) is 6.26 Å². The van der Waals surface area contributed by atoms with Gasteiger partial charge in [0, 0.05) is 46.4 Å². The fourth-order valence-electron chi connectivity index (χ4n) is 4.19. The van der Waals surface area contributed by atoms with Gasteiger partial charge in [0.25, 0.3) is 5.91 Å². The van der Waals surface area contributed by atoms with Gasteiger partial charge in [0.2, 0.25) is 0 Å². The van der Waals surface area contributed by atoms with E-state index in [0.717, 1.165) is 57.3 Å². The molecule has 0 aromatic carbocycles. The Labute approximate surface area is 197 Å². The summed E-state index contributed by atoms with van der Waals surface area (Å²) < 4.78 is 11.2. The van der Waals surface area contributed by atoms with Crippen molar-refractivity contribution in [3.05, 3.63) is 24.2 Å². The third kappa shape index (κ3) is 6.10. The standard InChI is InChI=1S/C21H35N5O3.HI/c1-4-24(5-2)17(18-8-6-14-28-18)16-23-21(22-3)26-12-10-25(11-13-26)20(27)19-9-7-15-29-19;/h6,8,14,17,19H,4-5,7,9-13,15-16H2,1-3H3,(H,22,23);1H. The number of ether oxygens (including phenoxy) is 1. The number of guanidine groups is 1. The Morgan fingerprint density at radius 2 is 1.97 bits per heavy atom. The third-order valence-corrected chi connectivity index (χ3v) is 5.89. The van der Waals surface area contributed by atoms with E-state index in [0.29, 0.717) is 19.7 Å². The Bertz CT molecular complexity index is 652. The maximum absolute atomic E-state index is 12.6. The van der Waals surface area contributed by atoms with Crippen molar-refractivity contribution in [2.45, 2.75) is 38.8 Å². The molecule has 2 atom stereocenters. The lowest BCUT2D eigenvalue weighted by atomic mass is 10.2. The molecule has 30 heavy (non-hydrogen) atoms. The second-order valence-corrected chi connectivity index (χ2v) is 7.49. The largest absolute Gasteiger partial charge is 0.468 e. The summed E-state index contributed by atoms with van der Waals surface area (Å²) in [6, 6.07) is 4.12. The predicted octanol–water partition coefficient (Wildman–Crippen LogP) is 2.18. The molecule has 0 aliphatic carbocycles. The molecule has 0 radical (unpaired) electrons. The number of nitrogens with one attached hydrogen (secondary N) is 1. The average molecular weight is 533 g/mol. The Morgan fingerprint density at radius 3 is 2.50 bits per heavy atom. The lowest BCUT2D eigenvalue weighted by molar-refractivity contribution is -0.142. The highest BCUT2D eigenvalue weighted by Gasteiger charge is 2.31. The Hall–Kier alpha value is -1.33. The smallest absolute Gasteiger partial charge is 0.251 e. The predicted molar refractivity (Wildman–Crippen MR) is 128 cm³/mol. The van der Waals surface area contributed by atoms with E-state index in [9.17, 15) is 4.79 Å². The summed E-state index contributed by atoms with van der Waals surface area (Å²) in [4.78, 5) is 23.6. The van der Waals surface area contributed by atoms with Gasteiger partial charge >= 0.3 is 0 Å². The summed E-state index contributed by atoms with van der Waals surface area (Å²) >= 11 is 0.